The van der Waals surface area contributed by atoms with Gasteiger partial charge in [-0.25, -0.2) is 0 Å². The Morgan fingerprint density at radius 1 is 1.15 bits per heavy atom. The van der Waals surface area contributed by atoms with Crippen LogP contribution in [0.2, 0.25) is 0 Å². The third-order valence-corrected chi connectivity index (χ3v) is 6.01. The number of piperidine rings is 1. The monoisotopic (exact) mass is 424 g/mol. The van der Waals surface area contributed by atoms with Crippen molar-refractivity contribution in [2.24, 2.45) is 0 Å². The number of halogens is 1. The number of carboxylic acids is 1. The number of para-hydroxylation sites is 1. The molecule has 4 nitrogen and oxygen atoms in total. The van der Waals surface area contributed by atoms with E-state index >= 15 is 0 Å². The molecule has 2 unspecified atom stereocenters. The van der Waals surface area contributed by atoms with E-state index < -0.39 is 12.0 Å². The second-order valence-electron chi connectivity index (χ2n) is 6.97. The van der Waals surface area contributed by atoms with Gasteiger partial charge in [-0.2, -0.15) is 0 Å². The highest BCUT2D eigenvalue weighted by Crippen LogP contribution is 2.37. The lowest BCUT2D eigenvalue weighted by atomic mass is 9.92. The molecule has 138 valence electrons. The highest BCUT2D eigenvalue weighted by atomic mass is 79.9. The van der Waals surface area contributed by atoms with E-state index in [0.717, 1.165) is 45.9 Å². The van der Waals surface area contributed by atoms with Gasteiger partial charge < -0.3 is 5.11 Å². The van der Waals surface area contributed by atoms with E-state index in [2.05, 4.69) is 37.9 Å². The molecule has 1 fully saturated rings. The molecule has 0 aliphatic carbocycles. The SMILES string of the molecule is O=C(O)C1CCCCN1C(c1cnc2ccccc2c1)c1ccccc1Br. The summed E-state index contributed by atoms with van der Waals surface area (Å²) >= 11 is 3.67. The van der Waals surface area contributed by atoms with Gasteiger partial charge in [0.2, 0.25) is 0 Å². The summed E-state index contributed by atoms with van der Waals surface area (Å²) in [5.74, 6) is -0.750. The van der Waals surface area contributed by atoms with Crippen LogP contribution in [-0.2, 0) is 4.79 Å². The molecule has 0 radical (unpaired) electrons. The van der Waals surface area contributed by atoms with E-state index in [1.54, 1.807) is 0 Å². The molecular weight excluding hydrogens is 404 g/mol. The Morgan fingerprint density at radius 3 is 2.74 bits per heavy atom. The molecule has 0 saturated carbocycles. The van der Waals surface area contributed by atoms with Crippen molar-refractivity contribution in [3.63, 3.8) is 0 Å². The maximum absolute atomic E-state index is 12.0. The average molecular weight is 425 g/mol. The molecule has 1 aromatic heterocycles. The van der Waals surface area contributed by atoms with Crippen molar-refractivity contribution in [2.45, 2.75) is 31.3 Å². The first-order chi connectivity index (χ1) is 13.1. The molecule has 1 aliphatic heterocycles. The summed E-state index contributed by atoms with van der Waals surface area (Å²) in [6.45, 7) is 0.760. The molecule has 1 aliphatic rings. The molecule has 1 N–H and O–H groups in total. The number of likely N-dealkylation sites (tertiary alicyclic amines) is 1. The van der Waals surface area contributed by atoms with Crippen molar-refractivity contribution in [3.8, 4) is 0 Å². The van der Waals surface area contributed by atoms with Crippen LogP contribution in [0.15, 0.2) is 65.3 Å². The van der Waals surface area contributed by atoms with Gasteiger partial charge in [0.15, 0.2) is 0 Å². The molecule has 2 atom stereocenters. The summed E-state index contributed by atoms with van der Waals surface area (Å²) in [7, 11) is 0. The fourth-order valence-corrected chi connectivity index (χ4v) is 4.51. The predicted molar refractivity (Wildman–Crippen MR) is 110 cm³/mol. The Morgan fingerprint density at radius 2 is 1.93 bits per heavy atom. The van der Waals surface area contributed by atoms with E-state index in [-0.39, 0.29) is 6.04 Å². The van der Waals surface area contributed by atoms with Crippen molar-refractivity contribution in [1.29, 1.82) is 0 Å². The number of pyridine rings is 1. The number of benzene rings is 2. The van der Waals surface area contributed by atoms with Crippen molar-refractivity contribution in [3.05, 3.63) is 76.4 Å². The Balaban J connectivity index is 1.87. The van der Waals surface area contributed by atoms with Gasteiger partial charge in [-0.15, -0.1) is 0 Å². The van der Waals surface area contributed by atoms with E-state index in [1.165, 1.54) is 0 Å². The number of hydrogen-bond donors (Lipinski definition) is 1. The molecule has 2 heterocycles. The van der Waals surface area contributed by atoms with E-state index in [0.29, 0.717) is 6.42 Å². The number of aliphatic carboxylic acids is 1. The van der Waals surface area contributed by atoms with Gasteiger partial charge in [-0.05, 0) is 48.7 Å². The predicted octanol–water partition coefficient (Wildman–Crippen LogP) is 5.03. The third kappa shape index (κ3) is 3.62. The average Bonchev–Trinajstić information content (AvgIpc) is 2.70. The van der Waals surface area contributed by atoms with Crippen LogP contribution in [0.1, 0.15) is 36.4 Å². The number of carbonyl (C=O) groups is 1. The topological polar surface area (TPSA) is 53.4 Å². The van der Waals surface area contributed by atoms with Crippen LogP contribution in [0.25, 0.3) is 10.9 Å². The van der Waals surface area contributed by atoms with Gasteiger partial charge in [0.05, 0.1) is 11.6 Å². The largest absolute Gasteiger partial charge is 0.480 e. The van der Waals surface area contributed by atoms with Gasteiger partial charge in [-0.1, -0.05) is 58.7 Å². The summed E-state index contributed by atoms with van der Waals surface area (Å²) in [6, 6.07) is 17.6. The Hall–Kier alpha value is -2.24. The number of hydrogen-bond acceptors (Lipinski definition) is 3. The molecular formula is C22H21BrN2O2. The first kappa shape index (κ1) is 18.1. The van der Waals surface area contributed by atoms with Gasteiger partial charge in [-0.3, -0.25) is 14.7 Å². The Labute approximate surface area is 167 Å². The minimum Gasteiger partial charge on any atom is -0.480 e. The fourth-order valence-electron chi connectivity index (χ4n) is 4.01. The van der Waals surface area contributed by atoms with E-state index in [4.69, 9.17) is 0 Å². The summed E-state index contributed by atoms with van der Waals surface area (Å²) < 4.78 is 0.984. The first-order valence-corrected chi connectivity index (χ1v) is 10.0. The van der Waals surface area contributed by atoms with Crippen molar-refractivity contribution in [1.82, 2.24) is 9.88 Å². The summed E-state index contributed by atoms with van der Waals surface area (Å²) in [6.07, 6.45) is 4.52. The lowest BCUT2D eigenvalue weighted by Gasteiger charge is -2.39. The zero-order valence-electron chi connectivity index (χ0n) is 14.9. The first-order valence-electron chi connectivity index (χ1n) is 9.23. The number of fused-ring (bicyclic) bond motifs is 1. The van der Waals surface area contributed by atoms with Crippen molar-refractivity contribution in [2.75, 3.05) is 6.54 Å². The maximum atomic E-state index is 12.0. The van der Waals surface area contributed by atoms with Gasteiger partial charge in [0.25, 0.3) is 0 Å². The van der Waals surface area contributed by atoms with Gasteiger partial charge in [0, 0.05) is 16.1 Å². The molecule has 27 heavy (non-hydrogen) atoms. The number of aromatic nitrogens is 1. The number of rotatable bonds is 4. The molecule has 4 rings (SSSR count). The summed E-state index contributed by atoms with van der Waals surface area (Å²) in [5, 5.41) is 10.9. The smallest absolute Gasteiger partial charge is 0.320 e. The van der Waals surface area contributed by atoms with Crippen LogP contribution >= 0.6 is 15.9 Å². The second-order valence-corrected chi connectivity index (χ2v) is 7.83. The standard InChI is InChI=1S/C22H21BrN2O2/c23-18-9-3-2-8-17(18)21(25-12-6-5-11-20(25)22(26)27)16-13-15-7-1-4-10-19(15)24-14-16/h1-4,7-10,13-14,20-21H,5-6,11-12H2,(H,26,27). The molecule has 2 aromatic carbocycles. The van der Waals surface area contributed by atoms with Crippen LogP contribution in [0.5, 0.6) is 0 Å². The minimum absolute atomic E-state index is 0.154. The minimum atomic E-state index is -0.750. The fraction of sp³-hybridized carbons (Fsp3) is 0.273. The highest BCUT2D eigenvalue weighted by molar-refractivity contribution is 9.10. The molecule has 5 heteroatoms. The zero-order valence-corrected chi connectivity index (χ0v) is 16.5. The third-order valence-electron chi connectivity index (χ3n) is 5.29. The van der Waals surface area contributed by atoms with Crippen molar-refractivity contribution >= 4 is 32.8 Å². The molecule has 0 amide bonds. The molecule has 3 aromatic rings. The summed E-state index contributed by atoms with van der Waals surface area (Å²) in [4.78, 5) is 18.7. The molecule has 0 spiro atoms. The second kappa shape index (κ2) is 7.79. The van der Waals surface area contributed by atoms with Crippen LogP contribution in [0.4, 0.5) is 0 Å². The lowest BCUT2D eigenvalue weighted by molar-refractivity contribution is -0.145. The Bertz CT molecular complexity index is 975. The number of nitrogens with zero attached hydrogens (tertiary/aromatic N) is 2. The van der Waals surface area contributed by atoms with E-state index in [1.807, 2.05) is 48.7 Å². The zero-order chi connectivity index (χ0) is 18.8. The molecule has 0 bridgehead atoms. The lowest BCUT2D eigenvalue weighted by Crippen LogP contribution is -2.47. The molecule has 1 saturated heterocycles. The van der Waals surface area contributed by atoms with Gasteiger partial charge in [0.1, 0.15) is 6.04 Å². The highest BCUT2D eigenvalue weighted by Gasteiger charge is 2.36. The van der Waals surface area contributed by atoms with Crippen LogP contribution in [-0.4, -0.2) is 33.5 Å². The normalized spacial score (nSPS) is 19.1. The maximum Gasteiger partial charge on any atom is 0.320 e. The van der Waals surface area contributed by atoms with Crippen LogP contribution in [0, 0.1) is 0 Å². The number of carboxylic acid groups (broad SMARTS) is 1. The van der Waals surface area contributed by atoms with E-state index in [9.17, 15) is 9.90 Å². The van der Waals surface area contributed by atoms with Crippen molar-refractivity contribution < 1.29 is 9.90 Å². The quantitative estimate of drug-likeness (QED) is 0.638. The van der Waals surface area contributed by atoms with Gasteiger partial charge >= 0.3 is 5.97 Å². The summed E-state index contributed by atoms with van der Waals surface area (Å²) in [5.41, 5.74) is 3.04. The Kier molecular flexibility index (Phi) is 5.23. The van der Waals surface area contributed by atoms with Crippen LogP contribution in [0.3, 0.4) is 0 Å². The van der Waals surface area contributed by atoms with Crippen LogP contribution < -0.4 is 0 Å².